The van der Waals surface area contributed by atoms with Crippen molar-refractivity contribution in [2.24, 2.45) is 0 Å². The van der Waals surface area contributed by atoms with Crippen molar-refractivity contribution in [3.8, 4) is 0 Å². The van der Waals surface area contributed by atoms with E-state index in [1.54, 1.807) is 0 Å². The molecule has 14 heavy (non-hydrogen) atoms. The maximum Gasteiger partial charge on any atom is 0.367 e. The Morgan fingerprint density at radius 1 is 1.57 bits per heavy atom. The zero-order valence-electron chi connectivity index (χ0n) is 7.00. The van der Waals surface area contributed by atoms with Gasteiger partial charge in [0, 0.05) is 0 Å². The zero-order valence-corrected chi connectivity index (χ0v) is 7.00. The van der Waals surface area contributed by atoms with Crippen molar-refractivity contribution in [2.75, 3.05) is 0 Å². The van der Waals surface area contributed by atoms with E-state index in [4.69, 9.17) is 0 Å². The summed E-state index contributed by atoms with van der Waals surface area (Å²) in [6.45, 7) is 1.04. The molecular formula is C7H5F3N2O2. The molecule has 0 saturated carbocycles. The molecule has 0 spiro atoms. The van der Waals surface area contributed by atoms with Gasteiger partial charge < -0.3 is 10.1 Å². The Labute approximate surface area is 76.5 Å². The van der Waals surface area contributed by atoms with E-state index in [0.29, 0.717) is 6.20 Å². The SMILES string of the molecule is Cc1c([N+](=O)[O-])ncc(F)c1C(F)F. The van der Waals surface area contributed by atoms with Gasteiger partial charge in [-0.2, -0.15) is 0 Å². The molecule has 0 unspecified atom stereocenters. The fourth-order valence-electron chi connectivity index (χ4n) is 1.04. The Morgan fingerprint density at radius 3 is 2.57 bits per heavy atom. The van der Waals surface area contributed by atoms with E-state index >= 15 is 0 Å². The van der Waals surface area contributed by atoms with Crippen molar-refractivity contribution in [3.63, 3.8) is 0 Å². The van der Waals surface area contributed by atoms with Gasteiger partial charge in [-0.1, -0.05) is 0 Å². The first-order chi connectivity index (χ1) is 6.45. The van der Waals surface area contributed by atoms with Gasteiger partial charge in [-0.25, -0.2) is 13.2 Å². The molecule has 0 saturated heterocycles. The van der Waals surface area contributed by atoms with Gasteiger partial charge in [0.2, 0.25) is 0 Å². The summed E-state index contributed by atoms with van der Waals surface area (Å²) >= 11 is 0. The second-order valence-electron chi connectivity index (χ2n) is 2.53. The second-order valence-corrected chi connectivity index (χ2v) is 2.53. The average Bonchev–Trinajstić information content (AvgIpc) is 2.02. The van der Waals surface area contributed by atoms with E-state index in [1.807, 2.05) is 0 Å². The summed E-state index contributed by atoms with van der Waals surface area (Å²) < 4.78 is 37.3. The molecule has 0 radical (unpaired) electrons. The molecule has 76 valence electrons. The summed E-state index contributed by atoms with van der Waals surface area (Å²) in [7, 11) is 0. The molecule has 0 aliphatic rings. The molecule has 0 bridgehead atoms. The molecule has 1 heterocycles. The van der Waals surface area contributed by atoms with E-state index in [9.17, 15) is 23.3 Å². The highest BCUT2D eigenvalue weighted by molar-refractivity contribution is 5.39. The molecule has 0 aliphatic heterocycles. The van der Waals surface area contributed by atoms with Crippen LogP contribution >= 0.6 is 0 Å². The van der Waals surface area contributed by atoms with Crippen LogP contribution in [0.4, 0.5) is 19.0 Å². The Bertz CT molecular complexity index is 381. The molecule has 1 rings (SSSR count). The van der Waals surface area contributed by atoms with Gasteiger partial charge in [-0.05, 0) is 16.8 Å². The summed E-state index contributed by atoms with van der Waals surface area (Å²) in [5, 5.41) is 10.3. The first-order valence-electron chi connectivity index (χ1n) is 3.52. The molecule has 7 heteroatoms. The van der Waals surface area contributed by atoms with Gasteiger partial charge in [0.25, 0.3) is 6.43 Å². The third-order valence-electron chi connectivity index (χ3n) is 1.69. The van der Waals surface area contributed by atoms with Crippen LogP contribution in [0.2, 0.25) is 0 Å². The van der Waals surface area contributed by atoms with Crippen LogP contribution in [-0.2, 0) is 0 Å². The average molecular weight is 206 g/mol. The maximum atomic E-state index is 12.8. The fourth-order valence-corrected chi connectivity index (χ4v) is 1.04. The highest BCUT2D eigenvalue weighted by Crippen LogP contribution is 2.29. The van der Waals surface area contributed by atoms with E-state index in [2.05, 4.69) is 4.98 Å². The molecule has 0 atom stereocenters. The number of alkyl halides is 2. The lowest BCUT2D eigenvalue weighted by atomic mass is 10.1. The Kier molecular flexibility index (Phi) is 2.68. The van der Waals surface area contributed by atoms with Gasteiger partial charge in [-0.3, -0.25) is 0 Å². The second kappa shape index (κ2) is 3.60. The van der Waals surface area contributed by atoms with E-state index in [1.165, 1.54) is 0 Å². The topological polar surface area (TPSA) is 56.0 Å². The van der Waals surface area contributed by atoms with E-state index in [0.717, 1.165) is 6.92 Å². The van der Waals surface area contributed by atoms with Crippen LogP contribution in [-0.4, -0.2) is 9.91 Å². The number of pyridine rings is 1. The Hall–Kier alpha value is -1.66. The van der Waals surface area contributed by atoms with Crippen LogP contribution in [0.25, 0.3) is 0 Å². The lowest BCUT2D eigenvalue weighted by molar-refractivity contribution is -0.390. The minimum absolute atomic E-state index is 0.423. The lowest BCUT2D eigenvalue weighted by Crippen LogP contribution is -2.02. The number of aromatic nitrogens is 1. The number of halogens is 3. The molecule has 4 nitrogen and oxygen atoms in total. The molecule has 0 amide bonds. The third kappa shape index (κ3) is 1.66. The smallest absolute Gasteiger partial charge is 0.358 e. The minimum atomic E-state index is -3.09. The van der Waals surface area contributed by atoms with E-state index < -0.39 is 34.1 Å². The largest absolute Gasteiger partial charge is 0.367 e. The van der Waals surface area contributed by atoms with Crippen LogP contribution in [0.3, 0.4) is 0 Å². The lowest BCUT2D eigenvalue weighted by Gasteiger charge is -2.04. The molecule has 0 aromatic carbocycles. The number of nitrogens with zero attached hydrogens (tertiary/aromatic N) is 2. The maximum absolute atomic E-state index is 12.8. The van der Waals surface area contributed by atoms with Crippen molar-refractivity contribution in [1.29, 1.82) is 0 Å². The predicted octanol–water partition coefficient (Wildman–Crippen LogP) is 2.37. The summed E-state index contributed by atoms with van der Waals surface area (Å²) in [6.07, 6.45) is -2.66. The van der Waals surface area contributed by atoms with Crippen molar-refractivity contribution >= 4 is 5.82 Å². The van der Waals surface area contributed by atoms with Gasteiger partial charge in [-0.15, -0.1) is 0 Å². The minimum Gasteiger partial charge on any atom is -0.358 e. The molecular weight excluding hydrogens is 201 g/mol. The molecule has 1 aromatic heterocycles. The monoisotopic (exact) mass is 206 g/mol. The quantitative estimate of drug-likeness (QED) is 0.551. The van der Waals surface area contributed by atoms with Crippen molar-refractivity contribution in [1.82, 2.24) is 4.98 Å². The van der Waals surface area contributed by atoms with Gasteiger partial charge in [0.15, 0.2) is 12.0 Å². The van der Waals surface area contributed by atoms with Crippen LogP contribution < -0.4 is 0 Å². The summed E-state index contributed by atoms with van der Waals surface area (Å²) in [6, 6.07) is 0. The summed E-state index contributed by atoms with van der Waals surface area (Å²) in [4.78, 5) is 12.5. The molecule has 0 fully saturated rings. The standard InChI is InChI=1S/C7H5F3N2O2/c1-3-5(6(9)10)4(8)2-11-7(3)12(13)14/h2,6H,1H3. The van der Waals surface area contributed by atoms with Gasteiger partial charge in [0.05, 0.1) is 11.1 Å². The molecule has 0 N–H and O–H groups in total. The highest BCUT2D eigenvalue weighted by Gasteiger charge is 2.25. The molecule has 1 aromatic rings. The Balaban J connectivity index is 3.41. The summed E-state index contributed by atoms with van der Waals surface area (Å²) in [5.41, 5.74) is -1.41. The number of rotatable bonds is 2. The van der Waals surface area contributed by atoms with Crippen LogP contribution in [0.15, 0.2) is 6.20 Å². The van der Waals surface area contributed by atoms with Crippen molar-refractivity contribution in [3.05, 3.63) is 33.3 Å². The normalized spacial score (nSPS) is 10.6. The number of nitro groups is 1. The first-order valence-corrected chi connectivity index (χ1v) is 3.52. The van der Waals surface area contributed by atoms with Crippen molar-refractivity contribution in [2.45, 2.75) is 13.3 Å². The fraction of sp³-hybridized carbons (Fsp3) is 0.286. The zero-order chi connectivity index (χ0) is 10.9. The van der Waals surface area contributed by atoms with Crippen LogP contribution in [0.5, 0.6) is 0 Å². The van der Waals surface area contributed by atoms with E-state index in [-0.39, 0.29) is 0 Å². The van der Waals surface area contributed by atoms with Crippen LogP contribution in [0, 0.1) is 22.9 Å². The van der Waals surface area contributed by atoms with Gasteiger partial charge >= 0.3 is 5.82 Å². The highest BCUT2D eigenvalue weighted by atomic mass is 19.3. The third-order valence-corrected chi connectivity index (χ3v) is 1.69. The molecule has 0 aliphatic carbocycles. The van der Waals surface area contributed by atoms with Gasteiger partial charge in [0.1, 0.15) is 0 Å². The number of hydrogen-bond donors (Lipinski definition) is 0. The van der Waals surface area contributed by atoms with Crippen molar-refractivity contribution < 1.29 is 18.1 Å². The first kappa shape index (κ1) is 10.4. The predicted molar refractivity (Wildman–Crippen MR) is 40.5 cm³/mol. The van der Waals surface area contributed by atoms with Crippen LogP contribution in [0.1, 0.15) is 17.6 Å². The number of hydrogen-bond acceptors (Lipinski definition) is 3. The summed E-state index contributed by atoms with van der Waals surface area (Å²) in [5.74, 6) is -1.98. The Morgan fingerprint density at radius 2 is 2.14 bits per heavy atom.